The smallest absolute Gasteiger partial charge is 0.119 e. The number of anilines is 1. The van der Waals surface area contributed by atoms with Crippen molar-refractivity contribution in [1.29, 1.82) is 0 Å². The molecule has 0 bridgehead atoms. The number of hydrogen-bond donors (Lipinski definition) is 0. The van der Waals surface area contributed by atoms with Gasteiger partial charge >= 0.3 is 0 Å². The van der Waals surface area contributed by atoms with Crippen LogP contribution in [0.15, 0.2) is 78.9 Å². The number of methoxy groups -OCH3 is 1. The van der Waals surface area contributed by atoms with E-state index in [-0.39, 0.29) is 0 Å². The third kappa shape index (κ3) is 4.27. The summed E-state index contributed by atoms with van der Waals surface area (Å²) in [5, 5.41) is 0.742. The summed E-state index contributed by atoms with van der Waals surface area (Å²) in [6.07, 6.45) is 2.19. The van der Waals surface area contributed by atoms with Crippen LogP contribution in [0.3, 0.4) is 0 Å². The molecule has 0 N–H and O–H groups in total. The number of rotatable bonds is 6. The molecule has 0 aliphatic heterocycles. The zero-order valence-electron chi connectivity index (χ0n) is 15.0. The fourth-order valence-corrected chi connectivity index (χ4v) is 3.02. The Hall–Kier alpha value is -2.71. The molecule has 2 nitrogen and oxygen atoms in total. The van der Waals surface area contributed by atoms with Crippen LogP contribution in [0, 0.1) is 0 Å². The lowest BCUT2D eigenvalue weighted by atomic mass is 10.1. The molecule has 0 aliphatic carbocycles. The second-order valence-electron chi connectivity index (χ2n) is 5.89. The van der Waals surface area contributed by atoms with Gasteiger partial charge in [0.15, 0.2) is 0 Å². The minimum absolute atomic E-state index is 0.742. The van der Waals surface area contributed by atoms with Crippen molar-refractivity contribution in [2.24, 2.45) is 0 Å². The summed E-state index contributed by atoms with van der Waals surface area (Å²) in [6.45, 7) is 3.00. The fourth-order valence-electron chi connectivity index (χ4n) is 2.90. The van der Waals surface area contributed by atoms with E-state index in [9.17, 15) is 0 Å². The maximum absolute atomic E-state index is 6.04. The molecule has 0 atom stereocenters. The number of hydrogen-bond acceptors (Lipinski definition) is 2. The normalized spacial score (nSPS) is 11.3. The van der Waals surface area contributed by atoms with E-state index >= 15 is 0 Å². The number of halogens is 1. The molecular formula is C23H22ClNO. The molecular weight excluding hydrogens is 342 g/mol. The Morgan fingerprint density at radius 3 is 2.15 bits per heavy atom. The van der Waals surface area contributed by atoms with Gasteiger partial charge in [-0.2, -0.15) is 0 Å². The average molecular weight is 364 g/mol. The summed E-state index contributed by atoms with van der Waals surface area (Å²) in [4.78, 5) is 2.30. The summed E-state index contributed by atoms with van der Waals surface area (Å²) >= 11 is 6.04. The first-order valence-electron chi connectivity index (χ1n) is 8.65. The van der Waals surface area contributed by atoms with Gasteiger partial charge in [0.05, 0.1) is 7.11 Å². The minimum atomic E-state index is 0.742. The van der Waals surface area contributed by atoms with Gasteiger partial charge in [-0.05, 0) is 60.5 Å². The van der Waals surface area contributed by atoms with E-state index in [0.717, 1.165) is 34.3 Å². The summed E-state index contributed by atoms with van der Waals surface area (Å²) in [5.41, 5.74) is 4.54. The van der Waals surface area contributed by atoms with Crippen molar-refractivity contribution in [3.63, 3.8) is 0 Å². The van der Waals surface area contributed by atoms with Crippen LogP contribution >= 0.6 is 11.6 Å². The summed E-state index contributed by atoms with van der Waals surface area (Å²) in [5.74, 6) is 0.854. The molecule has 0 radical (unpaired) electrons. The van der Waals surface area contributed by atoms with Crippen LogP contribution in [0.1, 0.15) is 18.1 Å². The molecule has 132 valence electrons. The maximum atomic E-state index is 6.04. The first-order chi connectivity index (χ1) is 12.7. The molecule has 0 aliphatic rings. The highest BCUT2D eigenvalue weighted by Gasteiger charge is 2.13. The molecule has 0 saturated carbocycles. The van der Waals surface area contributed by atoms with Gasteiger partial charge in [0.1, 0.15) is 5.75 Å². The lowest BCUT2D eigenvalue weighted by molar-refractivity contribution is 0.415. The molecule has 26 heavy (non-hydrogen) atoms. The Morgan fingerprint density at radius 1 is 0.923 bits per heavy atom. The van der Waals surface area contributed by atoms with Gasteiger partial charge in [0.25, 0.3) is 0 Å². The highest BCUT2D eigenvalue weighted by atomic mass is 35.5. The van der Waals surface area contributed by atoms with Crippen molar-refractivity contribution >= 4 is 29.1 Å². The van der Waals surface area contributed by atoms with Crippen LogP contribution in [0.4, 0.5) is 5.69 Å². The van der Waals surface area contributed by atoms with Gasteiger partial charge < -0.3 is 9.64 Å². The third-order valence-electron chi connectivity index (χ3n) is 4.23. The zero-order chi connectivity index (χ0) is 18.4. The molecule has 0 fully saturated rings. The molecule has 0 heterocycles. The highest BCUT2D eigenvalue weighted by molar-refractivity contribution is 6.30. The van der Waals surface area contributed by atoms with Crippen LogP contribution in [0.25, 0.3) is 11.8 Å². The summed E-state index contributed by atoms with van der Waals surface area (Å²) in [7, 11) is 1.68. The van der Waals surface area contributed by atoms with E-state index in [1.54, 1.807) is 7.11 Å². The predicted octanol–water partition coefficient (Wildman–Crippen LogP) is 6.37. The number of benzene rings is 3. The van der Waals surface area contributed by atoms with Crippen molar-refractivity contribution in [2.45, 2.75) is 6.92 Å². The molecule has 0 spiro atoms. The Kier molecular flexibility index (Phi) is 5.98. The van der Waals surface area contributed by atoms with Crippen molar-refractivity contribution < 1.29 is 4.74 Å². The molecule has 0 saturated heterocycles. The topological polar surface area (TPSA) is 12.5 Å². The van der Waals surface area contributed by atoms with Gasteiger partial charge in [-0.15, -0.1) is 0 Å². The predicted molar refractivity (Wildman–Crippen MR) is 112 cm³/mol. The molecule has 3 aromatic rings. The molecule has 3 aromatic carbocycles. The van der Waals surface area contributed by atoms with E-state index in [4.69, 9.17) is 16.3 Å². The van der Waals surface area contributed by atoms with Crippen LogP contribution in [-0.4, -0.2) is 13.7 Å². The van der Waals surface area contributed by atoms with E-state index in [1.165, 1.54) is 5.56 Å². The standard InChI is InChI=1S/C23H22ClNO/c1-3-25(21-13-15-22(26-2)16-14-21)23(19-7-5-4-6-8-19)17-18-9-11-20(24)12-10-18/h4-17H,3H2,1-2H3/b23-17+. The minimum Gasteiger partial charge on any atom is -0.497 e. The quantitative estimate of drug-likeness (QED) is 0.471. The SMILES string of the molecule is CCN(/C(=C/c1ccc(Cl)cc1)c1ccccc1)c1ccc(OC)cc1. The monoisotopic (exact) mass is 363 g/mol. The van der Waals surface area contributed by atoms with Gasteiger partial charge in [-0.3, -0.25) is 0 Å². The van der Waals surface area contributed by atoms with Crippen molar-refractivity contribution in [2.75, 3.05) is 18.6 Å². The van der Waals surface area contributed by atoms with Gasteiger partial charge in [0, 0.05) is 23.0 Å². The van der Waals surface area contributed by atoms with Crippen molar-refractivity contribution in [3.8, 4) is 5.75 Å². The van der Waals surface area contributed by atoms with E-state index < -0.39 is 0 Å². The molecule has 0 unspecified atom stereocenters. The van der Waals surface area contributed by atoms with Gasteiger partial charge in [-0.1, -0.05) is 54.1 Å². The Morgan fingerprint density at radius 2 is 1.58 bits per heavy atom. The Labute approximate surface area is 160 Å². The average Bonchev–Trinajstić information content (AvgIpc) is 2.70. The van der Waals surface area contributed by atoms with Crippen molar-refractivity contribution in [1.82, 2.24) is 0 Å². The van der Waals surface area contributed by atoms with E-state index in [1.807, 2.05) is 42.5 Å². The second-order valence-corrected chi connectivity index (χ2v) is 6.33. The number of nitrogens with zero attached hydrogens (tertiary/aromatic N) is 1. The maximum Gasteiger partial charge on any atom is 0.119 e. The second kappa shape index (κ2) is 8.59. The molecule has 0 aromatic heterocycles. The van der Waals surface area contributed by atoms with Crippen LogP contribution in [0.2, 0.25) is 5.02 Å². The van der Waals surface area contributed by atoms with Crippen LogP contribution in [0.5, 0.6) is 5.75 Å². The van der Waals surface area contributed by atoms with E-state index in [0.29, 0.717) is 0 Å². The van der Waals surface area contributed by atoms with Crippen LogP contribution < -0.4 is 9.64 Å². The summed E-state index contributed by atoms with van der Waals surface area (Å²) in [6, 6.07) is 26.5. The molecule has 3 rings (SSSR count). The van der Waals surface area contributed by atoms with E-state index in [2.05, 4.69) is 54.3 Å². The Bertz CT molecular complexity index is 855. The Balaban J connectivity index is 2.07. The molecule has 3 heteroatoms. The fraction of sp³-hybridized carbons (Fsp3) is 0.130. The lowest BCUT2D eigenvalue weighted by Crippen LogP contribution is -2.20. The highest BCUT2D eigenvalue weighted by Crippen LogP contribution is 2.29. The summed E-state index contributed by atoms with van der Waals surface area (Å²) < 4.78 is 5.29. The zero-order valence-corrected chi connectivity index (χ0v) is 15.8. The third-order valence-corrected chi connectivity index (χ3v) is 4.49. The number of ether oxygens (including phenoxy) is 1. The first-order valence-corrected chi connectivity index (χ1v) is 9.03. The van der Waals surface area contributed by atoms with Crippen molar-refractivity contribution in [3.05, 3.63) is 95.0 Å². The lowest BCUT2D eigenvalue weighted by Gasteiger charge is -2.27. The van der Waals surface area contributed by atoms with Gasteiger partial charge in [-0.25, -0.2) is 0 Å². The molecule has 0 amide bonds. The van der Waals surface area contributed by atoms with Crippen LogP contribution in [-0.2, 0) is 0 Å². The van der Waals surface area contributed by atoms with Gasteiger partial charge in [0.2, 0.25) is 0 Å². The largest absolute Gasteiger partial charge is 0.497 e. The first kappa shape index (κ1) is 18.1.